The van der Waals surface area contributed by atoms with Gasteiger partial charge in [0.15, 0.2) is 0 Å². The minimum atomic E-state index is -0.758. The van der Waals surface area contributed by atoms with Gasteiger partial charge in [-0.2, -0.15) is 0 Å². The summed E-state index contributed by atoms with van der Waals surface area (Å²) in [5.74, 6) is -0.205. The number of esters is 2. The molecule has 0 unspecified atom stereocenters. The van der Waals surface area contributed by atoms with E-state index in [-0.39, 0.29) is 29.4 Å². The zero-order valence-electron chi connectivity index (χ0n) is 15.0. The number of ether oxygens (including phenoxy) is 2. The first-order valence-corrected chi connectivity index (χ1v) is 9.27. The van der Waals surface area contributed by atoms with Gasteiger partial charge in [0.25, 0.3) is 0 Å². The first-order chi connectivity index (χ1) is 11.8. The van der Waals surface area contributed by atoms with Crippen LogP contribution in [-0.2, 0) is 19.1 Å². The lowest BCUT2D eigenvalue weighted by Crippen LogP contribution is -2.63. The Hall–Kier alpha value is -1.78. The third-order valence-corrected chi connectivity index (χ3v) is 8.48. The number of furan rings is 1. The average Bonchev–Trinajstić information content (AvgIpc) is 3.29. The van der Waals surface area contributed by atoms with Crippen LogP contribution < -0.4 is 0 Å². The van der Waals surface area contributed by atoms with Crippen LogP contribution in [0, 0.1) is 22.2 Å². The standard InChI is InChI=1S/C20H24O5/c1-12-4-6-18(3)17(2)7-8-20(18,25-15(17)21)19(12)10-14(24-16(19)22)13-5-9-23-11-13/h5,9,11-12,14H,4,6-8,10H2,1-3H3/t12-,14-,17-,18-,19+,20+/m1/s1. The number of rotatable bonds is 1. The normalized spacial score (nSPS) is 50.8. The van der Waals surface area contributed by atoms with Crippen molar-refractivity contribution in [2.45, 2.75) is 64.6 Å². The van der Waals surface area contributed by atoms with Crippen LogP contribution in [0.25, 0.3) is 0 Å². The van der Waals surface area contributed by atoms with Crippen LogP contribution in [0.3, 0.4) is 0 Å². The van der Waals surface area contributed by atoms with E-state index in [1.54, 1.807) is 12.5 Å². The molecule has 2 bridgehead atoms. The molecule has 2 saturated heterocycles. The molecule has 0 radical (unpaired) electrons. The van der Waals surface area contributed by atoms with Crippen molar-refractivity contribution in [2.24, 2.45) is 22.2 Å². The van der Waals surface area contributed by atoms with Gasteiger partial charge in [-0.05, 0) is 44.6 Å². The van der Waals surface area contributed by atoms with Crippen molar-refractivity contribution in [3.63, 3.8) is 0 Å². The fraction of sp³-hybridized carbons (Fsp3) is 0.700. The highest BCUT2D eigenvalue weighted by atomic mass is 16.6. The third kappa shape index (κ3) is 1.38. The largest absolute Gasteiger partial charge is 0.472 e. The molecule has 1 spiro atoms. The fourth-order valence-corrected chi connectivity index (χ4v) is 6.65. The molecule has 134 valence electrons. The summed E-state index contributed by atoms with van der Waals surface area (Å²) < 4.78 is 17.2. The van der Waals surface area contributed by atoms with Crippen molar-refractivity contribution in [1.82, 2.24) is 0 Å². The quantitative estimate of drug-likeness (QED) is 0.725. The van der Waals surface area contributed by atoms with Crippen molar-refractivity contribution in [3.8, 4) is 0 Å². The SMILES string of the molecule is C[C@@H]1CC[C@@]2(C)[C@@]3(CC[C@]2(C)C(=O)O3)[C@@]12C[C@H](c1ccoc1)OC2=O. The van der Waals surface area contributed by atoms with Crippen molar-refractivity contribution < 1.29 is 23.5 Å². The molecule has 0 amide bonds. The summed E-state index contributed by atoms with van der Waals surface area (Å²) in [5.41, 5.74) is -1.42. The van der Waals surface area contributed by atoms with Crippen molar-refractivity contribution >= 4 is 11.9 Å². The molecule has 2 aliphatic carbocycles. The summed E-state index contributed by atoms with van der Waals surface area (Å²) in [6.07, 6.45) is 6.86. The van der Waals surface area contributed by atoms with Crippen LogP contribution in [0.4, 0.5) is 0 Å². The monoisotopic (exact) mass is 344 g/mol. The Morgan fingerprint density at radius 2 is 1.92 bits per heavy atom. The van der Waals surface area contributed by atoms with Gasteiger partial charge >= 0.3 is 11.9 Å². The molecule has 0 N–H and O–H groups in total. The highest BCUT2D eigenvalue weighted by Gasteiger charge is 2.85. The maximum Gasteiger partial charge on any atom is 0.317 e. The summed E-state index contributed by atoms with van der Waals surface area (Å²) in [5, 5.41) is 0. The molecule has 5 heteroatoms. The molecule has 4 aliphatic rings. The van der Waals surface area contributed by atoms with Gasteiger partial charge in [-0.25, -0.2) is 0 Å². The smallest absolute Gasteiger partial charge is 0.317 e. The van der Waals surface area contributed by atoms with Gasteiger partial charge in [-0.15, -0.1) is 0 Å². The molecule has 1 aromatic rings. The Morgan fingerprint density at radius 1 is 1.12 bits per heavy atom. The third-order valence-electron chi connectivity index (χ3n) is 8.48. The molecule has 3 heterocycles. The van der Waals surface area contributed by atoms with E-state index in [1.165, 1.54) is 0 Å². The van der Waals surface area contributed by atoms with E-state index >= 15 is 0 Å². The molecule has 6 atom stereocenters. The summed E-state index contributed by atoms with van der Waals surface area (Å²) in [6.45, 7) is 6.31. The highest BCUT2D eigenvalue weighted by Crippen LogP contribution is 2.78. The second kappa shape index (κ2) is 4.30. The van der Waals surface area contributed by atoms with E-state index in [9.17, 15) is 9.59 Å². The van der Waals surface area contributed by atoms with E-state index < -0.39 is 16.4 Å². The molecule has 1 aromatic heterocycles. The zero-order valence-corrected chi connectivity index (χ0v) is 15.0. The molecule has 5 rings (SSSR count). The van der Waals surface area contributed by atoms with E-state index in [4.69, 9.17) is 13.9 Å². The second-order valence-corrected chi connectivity index (χ2v) is 8.95. The number of hydrogen-bond acceptors (Lipinski definition) is 5. The molecule has 5 nitrogen and oxygen atoms in total. The van der Waals surface area contributed by atoms with Crippen LogP contribution in [0.2, 0.25) is 0 Å². The number of carbonyl (C=O) groups is 2. The predicted molar refractivity (Wildman–Crippen MR) is 87.3 cm³/mol. The lowest BCUT2D eigenvalue weighted by molar-refractivity contribution is -0.205. The molecule has 4 fully saturated rings. The zero-order chi connectivity index (χ0) is 17.7. The molecule has 2 aliphatic heterocycles. The Labute approximate surface area is 147 Å². The Bertz CT molecular complexity index is 769. The number of hydrogen-bond donors (Lipinski definition) is 0. The minimum Gasteiger partial charge on any atom is -0.472 e. The lowest BCUT2D eigenvalue weighted by Gasteiger charge is -2.55. The molecule has 2 saturated carbocycles. The van der Waals surface area contributed by atoms with E-state index in [0.29, 0.717) is 6.42 Å². The topological polar surface area (TPSA) is 65.7 Å². The van der Waals surface area contributed by atoms with Crippen LogP contribution in [-0.4, -0.2) is 17.5 Å². The molecular formula is C20H24O5. The van der Waals surface area contributed by atoms with Crippen LogP contribution in [0.5, 0.6) is 0 Å². The van der Waals surface area contributed by atoms with Crippen molar-refractivity contribution in [1.29, 1.82) is 0 Å². The van der Waals surface area contributed by atoms with Gasteiger partial charge in [0.2, 0.25) is 0 Å². The van der Waals surface area contributed by atoms with Crippen LogP contribution in [0.15, 0.2) is 23.0 Å². The summed E-state index contributed by atoms with van der Waals surface area (Å²) in [6, 6.07) is 1.85. The van der Waals surface area contributed by atoms with Gasteiger partial charge in [0.1, 0.15) is 17.1 Å². The highest BCUT2D eigenvalue weighted by molar-refractivity contribution is 5.88. The van der Waals surface area contributed by atoms with Crippen molar-refractivity contribution in [3.05, 3.63) is 24.2 Å². The van der Waals surface area contributed by atoms with Gasteiger partial charge in [0.05, 0.1) is 17.9 Å². The van der Waals surface area contributed by atoms with Gasteiger partial charge in [0, 0.05) is 17.4 Å². The first-order valence-electron chi connectivity index (χ1n) is 9.27. The molecular weight excluding hydrogens is 320 g/mol. The molecule has 25 heavy (non-hydrogen) atoms. The summed E-state index contributed by atoms with van der Waals surface area (Å²) in [7, 11) is 0. The number of cyclic esters (lactones) is 1. The minimum absolute atomic E-state index is 0.123. The van der Waals surface area contributed by atoms with Gasteiger partial charge in [-0.3, -0.25) is 9.59 Å². The fourth-order valence-electron chi connectivity index (χ4n) is 6.65. The maximum absolute atomic E-state index is 13.3. The van der Waals surface area contributed by atoms with E-state index in [2.05, 4.69) is 13.8 Å². The lowest BCUT2D eigenvalue weighted by atomic mass is 9.46. The second-order valence-electron chi connectivity index (χ2n) is 8.95. The van der Waals surface area contributed by atoms with Crippen LogP contribution >= 0.6 is 0 Å². The van der Waals surface area contributed by atoms with Crippen LogP contribution in [0.1, 0.15) is 64.5 Å². The van der Waals surface area contributed by atoms with Gasteiger partial charge in [-0.1, -0.05) is 13.8 Å². The first kappa shape index (κ1) is 15.5. The molecule has 0 aromatic carbocycles. The predicted octanol–water partition coefficient (Wildman–Crippen LogP) is 3.79. The van der Waals surface area contributed by atoms with Crippen molar-refractivity contribution in [2.75, 3.05) is 0 Å². The van der Waals surface area contributed by atoms with E-state index in [0.717, 1.165) is 31.2 Å². The maximum atomic E-state index is 13.3. The van der Waals surface area contributed by atoms with E-state index in [1.807, 2.05) is 13.0 Å². The summed E-state index contributed by atoms with van der Waals surface area (Å²) in [4.78, 5) is 26.1. The Morgan fingerprint density at radius 3 is 2.60 bits per heavy atom. The Kier molecular flexibility index (Phi) is 2.66. The van der Waals surface area contributed by atoms with Gasteiger partial charge < -0.3 is 13.9 Å². The Balaban J connectivity index is 1.68. The summed E-state index contributed by atoms with van der Waals surface area (Å²) >= 11 is 0. The average molecular weight is 344 g/mol. The number of carbonyl (C=O) groups excluding carboxylic acids is 2.